The van der Waals surface area contributed by atoms with E-state index in [0.29, 0.717) is 5.56 Å². The van der Waals surface area contributed by atoms with E-state index in [1.54, 1.807) is 41.7 Å². The van der Waals surface area contributed by atoms with Crippen molar-refractivity contribution < 1.29 is 32.5 Å². The van der Waals surface area contributed by atoms with Gasteiger partial charge in [-0.1, -0.05) is 36.4 Å². The monoisotopic (exact) mass is 368 g/mol. The zero-order valence-electron chi connectivity index (χ0n) is 13.8. The lowest BCUT2D eigenvalue weighted by molar-refractivity contribution is -0.363. The molecule has 26 heavy (non-hydrogen) atoms. The first-order chi connectivity index (χ1) is 12.3. The number of H-pyrrole nitrogens is 1. The van der Waals surface area contributed by atoms with Gasteiger partial charge in [0.1, 0.15) is 0 Å². The highest BCUT2D eigenvalue weighted by Gasteiger charge is 2.67. The number of ether oxygens (including phenoxy) is 1. The van der Waals surface area contributed by atoms with Gasteiger partial charge in [0.2, 0.25) is 5.91 Å². The van der Waals surface area contributed by atoms with Crippen LogP contribution in [-0.2, 0) is 20.7 Å². The number of halogens is 3. The van der Waals surface area contributed by atoms with Crippen LogP contribution in [0.4, 0.5) is 19.0 Å². The van der Waals surface area contributed by atoms with Crippen molar-refractivity contribution in [2.75, 3.05) is 12.4 Å². The number of aromatic amines is 1. The number of esters is 1. The zero-order valence-corrected chi connectivity index (χ0v) is 13.8. The topological polar surface area (TPSA) is 81.6 Å². The fourth-order valence-corrected chi connectivity index (χ4v) is 2.25. The van der Waals surface area contributed by atoms with E-state index in [9.17, 15) is 22.8 Å². The first kappa shape index (κ1) is 19.2. The number of nitrogens with one attached hydrogen (secondary N) is 3. The van der Waals surface area contributed by atoms with Crippen LogP contribution in [0.1, 0.15) is 5.56 Å². The third-order valence-corrected chi connectivity index (χ3v) is 3.48. The van der Waals surface area contributed by atoms with Crippen LogP contribution in [0, 0.1) is 0 Å². The van der Waals surface area contributed by atoms with Gasteiger partial charge in [-0.15, -0.1) is 0 Å². The molecule has 0 bridgehead atoms. The lowest BCUT2D eigenvalue weighted by atomic mass is 10.1. The van der Waals surface area contributed by atoms with Gasteiger partial charge >= 0.3 is 17.8 Å². The number of anilines is 1. The molecule has 2 rings (SSSR count). The normalized spacial score (nSPS) is 13.4. The van der Waals surface area contributed by atoms with E-state index in [-0.39, 0.29) is 12.2 Å². The van der Waals surface area contributed by atoms with Crippen molar-refractivity contribution in [1.82, 2.24) is 5.32 Å². The molecule has 0 aliphatic heterocycles. The van der Waals surface area contributed by atoms with Crippen molar-refractivity contribution in [3.63, 3.8) is 0 Å². The quantitative estimate of drug-likeness (QED) is 0.601. The first-order valence-electron chi connectivity index (χ1n) is 7.53. The van der Waals surface area contributed by atoms with Gasteiger partial charge in [-0.25, -0.2) is 15.1 Å². The Balaban J connectivity index is 2.35. The summed E-state index contributed by atoms with van der Waals surface area (Å²) in [4.78, 5) is 26.8. The number of benzene rings is 1. The van der Waals surface area contributed by atoms with E-state index in [1.807, 2.05) is 5.32 Å². The van der Waals surface area contributed by atoms with Crippen molar-refractivity contribution in [3.05, 3.63) is 60.3 Å². The molecule has 1 aromatic heterocycles. The second kappa shape index (κ2) is 7.85. The summed E-state index contributed by atoms with van der Waals surface area (Å²) in [6, 6.07) is 12.5. The van der Waals surface area contributed by atoms with Crippen LogP contribution in [-0.4, -0.2) is 30.8 Å². The van der Waals surface area contributed by atoms with E-state index in [2.05, 4.69) is 9.72 Å². The molecule has 0 radical (unpaired) electrons. The third kappa shape index (κ3) is 4.29. The third-order valence-electron chi connectivity index (χ3n) is 3.48. The summed E-state index contributed by atoms with van der Waals surface area (Å²) < 4.78 is 45.7. The van der Waals surface area contributed by atoms with Gasteiger partial charge < -0.3 is 4.74 Å². The molecular formula is C17H17F3N3O3+. The van der Waals surface area contributed by atoms with Crippen molar-refractivity contribution in [3.8, 4) is 0 Å². The molecule has 0 aliphatic carbocycles. The number of alkyl halides is 3. The van der Waals surface area contributed by atoms with E-state index >= 15 is 0 Å². The molecule has 1 amide bonds. The number of hydrogen-bond donors (Lipinski definition) is 2. The van der Waals surface area contributed by atoms with E-state index in [0.717, 1.165) is 7.11 Å². The summed E-state index contributed by atoms with van der Waals surface area (Å²) in [6.45, 7) is 0. The van der Waals surface area contributed by atoms with Crippen LogP contribution in [0.25, 0.3) is 0 Å². The van der Waals surface area contributed by atoms with Crippen LogP contribution in [0.5, 0.6) is 0 Å². The molecule has 0 spiro atoms. The van der Waals surface area contributed by atoms with Crippen LogP contribution in [0.15, 0.2) is 54.7 Å². The van der Waals surface area contributed by atoms with Crippen LogP contribution >= 0.6 is 0 Å². The summed E-state index contributed by atoms with van der Waals surface area (Å²) >= 11 is 0. The zero-order chi connectivity index (χ0) is 19.2. The van der Waals surface area contributed by atoms with Gasteiger partial charge in [-0.05, 0) is 11.6 Å². The molecule has 2 aromatic rings. The van der Waals surface area contributed by atoms with Gasteiger partial charge in [0.15, 0.2) is 0 Å². The Morgan fingerprint density at radius 3 is 2.27 bits per heavy atom. The summed E-state index contributed by atoms with van der Waals surface area (Å²) in [5.74, 6) is -2.82. The van der Waals surface area contributed by atoms with Gasteiger partial charge in [0.25, 0.3) is 5.82 Å². The lowest BCUT2D eigenvalue weighted by Crippen LogP contribution is -2.69. The Morgan fingerprint density at radius 2 is 1.73 bits per heavy atom. The Labute approximate surface area is 147 Å². The number of hydrogen-bond acceptors (Lipinski definition) is 4. The maximum absolute atomic E-state index is 13.8. The molecule has 0 fully saturated rings. The highest BCUT2D eigenvalue weighted by molar-refractivity contribution is 5.91. The van der Waals surface area contributed by atoms with Crippen LogP contribution in [0.2, 0.25) is 0 Å². The van der Waals surface area contributed by atoms with E-state index < -0.39 is 23.7 Å². The summed E-state index contributed by atoms with van der Waals surface area (Å²) in [7, 11) is 0.808. The fraction of sp³-hybridized carbons (Fsp3) is 0.235. The van der Waals surface area contributed by atoms with Gasteiger partial charge in [0, 0.05) is 6.07 Å². The molecule has 0 aliphatic rings. The van der Waals surface area contributed by atoms with E-state index in [1.165, 1.54) is 18.3 Å². The predicted octanol–water partition coefficient (Wildman–Crippen LogP) is 1.70. The summed E-state index contributed by atoms with van der Waals surface area (Å²) in [6.07, 6.45) is -4.14. The first-order valence-corrected chi connectivity index (χ1v) is 7.53. The van der Waals surface area contributed by atoms with Gasteiger partial charge in [-0.2, -0.15) is 13.2 Å². The van der Waals surface area contributed by atoms with Crippen molar-refractivity contribution in [2.45, 2.75) is 18.3 Å². The molecule has 1 aromatic carbocycles. The molecule has 138 valence electrons. The molecule has 6 nitrogen and oxygen atoms in total. The molecule has 0 unspecified atom stereocenters. The molecule has 9 heteroatoms. The van der Waals surface area contributed by atoms with Crippen molar-refractivity contribution in [2.24, 2.45) is 0 Å². The number of methoxy groups -OCH3 is 1. The predicted molar refractivity (Wildman–Crippen MR) is 85.7 cm³/mol. The molecule has 0 saturated carbocycles. The number of amides is 1. The largest absolute Gasteiger partial charge is 0.464 e. The van der Waals surface area contributed by atoms with Gasteiger partial charge in [0.05, 0.1) is 19.7 Å². The standard InChI is InChI=1S/C17H16F3N3O3/c1-26-15(25)16(17(18,19)20,22-13-9-5-6-10-21-13)23-14(24)11-12-7-3-2-4-8-12/h2-10H,11H2,1H3,(H,21,22)(H,23,24)/p+1/t16-/m1/s1. The molecule has 3 N–H and O–H groups in total. The Morgan fingerprint density at radius 1 is 1.08 bits per heavy atom. The number of carbonyl (C=O) groups is 2. The summed E-state index contributed by atoms with van der Waals surface area (Å²) in [5, 5.41) is 3.76. The molecule has 1 atom stereocenters. The second-order valence-electron chi connectivity index (χ2n) is 5.35. The van der Waals surface area contributed by atoms with Gasteiger partial charge in [-0.3, -0.25) is 10.1 Å². The average molecular weight is 368 g/mol. The highest BCUT2D eigenvalue weighted by Crippen LogP contribution is 2.32. The Kier molecular flexibility index (Phi) is 5.81. The van der Waals surface area contributed by atoms with E-state index in [4.69, 9.17) is 0 Å². The number of rotatable bonds is 6. The Bertz CT molecular complexity index is 754. The lowest BCUT2D eigenvalue weighted by Gasteiger charge is -2.30. The smallest absolute Gasteiger partial charge is 0.464 e. The molecule has 0 saturated heterocycles. The number of aromatic nitrogens is 1. The number of pyridine rings is 1. The van der Waals surface area contributed by atoms with Crippen LogP contribution in [0.3, 0.4) is 0 Å². The minimum Gasteiger partial charge on any atom is -0.464 e. The van der Waals surface area contributed by atoms with Crippen molar-refractivity contribution in [1.29, 1.82) is 0 Å². The van der Waals surface area contributed by atoms with Crippen LogP contribution < -0.4 is 15.6 Å². The fourth-order valence-electron chi connectivity index (χ4n) is 2.25. The number of carbonyl (C=O) groups excluding carboxylic acids is 2. The highest BCUT2D eigenvalue weighted by atomic mass is 19.4. The maximum Gasteiger partial charge on any atom is 0.464 e. The SMILES string of the molecule is COC(=O)[C@](NC(=O)Cc1ccccc1)(Nc1cccc[nH+]1)C(F)(F)F. The minimum absolute atomic E-state index is 0.129. The average Bonchev–Trinajstić information content (AvgIpc) is 2.61. The maximum atomic E-state index is 13.8. The minimum atomic E-state index is -5.17. The molecule has 1 heterocycles. The van der Waals surface area contributed by atoms with Crippen molar-refractivity contribution >= 4 is 17.7 Å². The molecular weight excluding hydrogens is 351 g/mol. The Hall–Kier alpha value is -3.10. The second-order valence-corrected chi connectivity index (χ2v) is 5.35. The summed E-state index contributed by atoms with van der Waals surface area (Å²) in [5.41, 5.74) is -2.94.